The second-order valence-corrected chi connectivity index (χ2v) is 6.74. The summed E-state index contributed by atoms with van der Waals surface area (Å²) in [5.41, 5.74) is 2.97. The van der Waals surface area contributed by atoms with Gasteiger partial charge < -0.3 is 4.98 Å². The maximum atomic E-state index is 14.2. The minimum absolute atomic E-state index is 0.154. The molecular weight excluding hydrogens is 353 g/mol. The normalized spacial score (nSPS) is 11.8. The highest BCUT2D eigenvalue weighted by Gasteiger charge is 2.19. The molecule has 0 spiro atoms. The van der Waals surface area contributed by atoms with Crippen molar-refractivity contribution in [1.29, 1.82) is 5.26 Å². The average molecular weight is 375 g/mol. The third-order valence-electron chi connectivity index (χ3n) is 4.67. The standard InChI is InChI=1S/C23H22FN3O/c1-3-8-21-26-22(15(2)24)19(23(28)27-21)13-17-11-7-12-18(20(17)14-25)16-9-5-4-6-10-16/h4-7,9-12,15H,3,8,13H2,1-2H3,(H,26,27,28). The molecule has 0 radical (unpaired) electrons. The number of halogens is 1. The van der Waals surface area contributed by atoms with E-state index in [-0.39, 0.29) is 23.2 Å². The van der Waals surface area contributed by atoms with Crippen LogP contribution in [-0.4, -0.2) is 9.97 Å². The van der Waals surface area contributed by atoms with E-state index >= 15 is 0 Å². The maximum Gasteiger partial charge on any atom is 0.254 e. The van der Waals surface area contributed by atoms with Crippen molar-refractivity contribution in [2.75, 3.05) is 0 Å². The van der Waals surface area contributed by atoms with Crippen molar-refractivity contribution in [3.63, 3.8) is 0 Å². The van der Waals surface area contributed by atoms with E-state index in [4.69, 9.17) is 0 Å². The van der Waals surface area contributed by atoms with Gasteiger partial charge in [0.2, 0.25) is 0 Å². The van der Waals surface area contributed by atoms with E-state index < -0.39 is 6.17 Å². The minimum Gasteiger partial charge on any atom is -0.310 e. The van der Waals surface area contributed by atoms with Crippen LogP contribution in [0.15, 0.2) is 53.3 Å². The second kappa shape index (κ2) is 8.62. The molecule has 142 valence electrons. The van der Waals surface area contributed by atoms with E-state index in [0.717, 1.165) is 17.5 Å². The highest BCUT2D eigenvalue weighted by atomic mass is 19.1. The molecule has 2 aromatic carbocycles. The Hall–Kier alpha value is -3.26. The van der Waals surface area contributed by atoms with Gasteiger partial charge in [-0.25, -0.2) is 9.37 Å². The summed E-state index contributed by atoms with van der Waals surface area (Å²) in [7, 11) is 0. The number of nitrogens with zero attached hydrogens (tertiary/aromatic N) is 2. The number of hydrogen-bond acceptors (Lipinski definition) is 3. The van der Waals surface area contributed by atoms with Crippen LogP contribution in [0.5, 0.6) is 0 Å². The first kappa shape index (κ1) is 19.5. The molecule has 0 amide bonds. The molecule has 3 aromatic rings. The van der Waals surface area contributed by atoms with Crippen LogP contribution in [0, 0.1) is 11.3 Å². The van der Waals surface area contributed by atoms with E-state index in [2.05, 4.69) is 16.0 Å². The summed E-state index contributed by atoms with van der Waals surface area (Å²) >= 11 is 0. The van der Waals surface area contributed by atoms with Gasteiger partial charge in [0.1, 0.15) is 18.1 Å². The number of rotatable bonds is 6. The molecule has 0 aliphatic carbocycles. The fourth-order valence-corrected chi connectivity index (χ4v) is 3.35. The SMILES string of the molecule is CCCc1nc(C(C)F)c(Cc2cccc(-c3ccccc3)c2C#N)c(=O)[nH]1. The molecule has 0 aliphatic heterocycles. The van der Waals surface area contributed by atoms with E-state index in [1.165, 1.54) is 6.92 Å². The predicted molar refractivity (Wildman–Crippen MR) is 108 cm³/mol. The number of H-pyrrole nitrogens is 1. The van der Waals surface area contributed by atoms with Crippen LogP contribution < -0.4 is 5.56 Å². The Balaban J connectivity index is 2.10. The largest absolute Gasteiger partial charge is 0.310 e. The highest BCUT2D eigenvalue weighted by molar-refractivity contribution is 5.72. The van der Waals surface area contributed by atoms with E-state index in [0.29, 0.717) is 23.4 Å². The van der Waals surface area contributed by atoms with Gasteiger partial charge in [-0.2, -0.15) is 5.26 Å². The van der Waals surface area contributed by atoms with Crippen molar-refractivity contribution >= 4 is 0 Å². The van der Waals surface area contributed by atoms with Gasteiger partial charge in [-0.05, 0) is 30.0 Å². The molecule has 1 heterocycles. The molecular formula is C23H22FN3O. The lowest BCUT2D eigenvalue weighted by Crippen LogP contribution is -2.21. The minimum atomic E-state index is -1.37. The first-order valence-electron chi connectivity index (χ1n) is 9.38. The first-order chi connectivity index (χ1) is 13.5. The fourth-order valence-electron chi connectivity index (χ4n) is 3.35. The summed E-state index contributed by atoms with van der Waals surface area (Å²) in [5.74, 6) is 0.495. The molecule has 28 heavy (non-hydrogen) atoms. The molecule has 1 atom stereocenters. The van der Waals surface area contributed by atoms with Gasteiger partial charge in [0.15, 0.2) is 0 Å². The monoisotopic (exact) mass is 375 g/mol. The molecule has 3 rings (SSSR count). The predicted octanol–water partition coefficient (Wildman–Crippen LogP) is 4.88. The van der Waals surface area contributed by atoms with Crippen LogP contribution in [0.25, 0.3) is 11.1 Å². The van der Waals surface area contributed by atoms with Crippen LogP contribution in [0.3, 0.4) is 0 Å². The molecule has 4 nitrogen and oxygen atoms in total. The lowest BCUT2D eigenvalue weighted by Gasteiger charge is -2.13. The van der Waals surface area contributed by atoms with Crippen LogP contribution in [-0.2, 0) is 12.8 Å². The summed E-state index contributed by atoms with van der Waals surface area (Å²) in [5, 5.41) is 9.77. The molecule has 0 saturated heterocycles. The van der Waals surface area contributed by atoms with E-state index in [1.807, 2.05) is 49.4 Å². The van der Waals surface area contributed by atoms with E-state index in [1.54, 1.807) is 6.07 Å². The number of alkyl halides is 1. The van der Waals surface area contributed by atoms with E-state index in [9.17, 15) is 14.4 Å². The van der Waals surface area contributed by atoms with Crippen molar-refractivity contribution in [2.45, 2.75) is 39.3 Å². The smallest absolute Gasteiger partial charge is 0.254 e. The Bertz CT molecular complexity index is 1070. The lowest BCUT2D eigenvalue weighted by atomic mass is 9.92. The maximum absolute atomic E-state index is 14.2. The molecule has 0 bridgehead atoms. The summed E-state index contributed by atoms with van der Waals surface area (Å²) in [6.07, 6.45) is 0.181. The van der Waals surface area contributed by atoms with Gasteiger partial charge >= 0.3 is 0 Å². The van der Waals surface area contributed by atoms with Gasteiger partial charge in [-0.1, -0.05) is 55.5 Å². The molecule has 5 heteroatoms. The Morgan fingerprint density at radius 1 is 1.18 bits per heavy atom. The quantitative estimate of drug-likeness (QED) is 0.667. The van der Waals surface area contributed by atoms with Crippen LogP contribution in [0.1, 0.15) is 54.6 Å². The van der Waals surface area contributed by atoms with Gasteiger partial charge in [-0.3, -0.25) is 4.79 Å². The molecule has 1 unspecified atom stereocenters. The van der Waals surface area contributed by atoms with Gasteiger partial charge in [-0.15, -0.1) is 0 Å². The number of aromatic amines is 1. The molecule has 1 N–H and O–H groups in total. The molecule has 0 fully saturated rings. The average Bonchev–Trinajstić information content (AvgIpc) is 2.70. The number of nitriles is 1. The van der Waals surface area contributed by atoms with Crippen LogP contribution in [0.4, 0.5) is 4.39 Å². The Morgan fingerprint density at radius 2 is 1.93 bits per heavy atom. The number of aryl methyl sites for hydroxylation is 1. The highest BCUT2D eigenvalue weighted by Crippen LogP contribution is 2.28. The van der Waals surface area contributed by atoms with Crippen molar-refractivity contribution in [2.24, 2.45) is 0 Å². The number of benzene rings is 2. The Morgan fingerprint density at radius 3 is 2.57 bits per heavy atom. The Labute approximate surface area is 163 Å². The molecule has 0 aliphatic rings. The van der Waals surface area contributed by atoms with Crippen molar-refractivity contribution in [3.8, 4) is 17.2 Å². The zero-order valence-corrected chi connectivity index (χ0v) is 16.0. The van der Waals surface area contributed by atoms with Gasteiger partial charge in [0, 0.05) is 18.4 Å². The number of hydrogen-bond donors (Lipinski definition) is 1. The first-order valence-corrected chi connectivity index (χ1v) is 9.38. The fraction of sp³-hybridized carbons (Fsp3) is 0.261. The zero-order chi connectivity index (χ0) is 20.1. The van der Waals surface area contributed by atoms with Gasteiger partial charge in [0.05, 0.1) is 11.3 Å². The third-order valence-corrected chi connectivity index (χ3v) is 4.67. The Kier molecular flexibility index (Phi) is 6.00. The number of nitrogens with one attached hydrogen (secondary N) is 1. The van der Waals surface area contributed by atoms with Crippen LogP contribution >= 0.6 is 0 Å². The van der Waals surface area contributed by atoms with Crippen molar-refractivity contribution in [1.82, 2.24) is 9.97 Å². The molecule has 0 saturated carbocycles. The van der Waals surface area contributed by atoms with Gasteiger partial charge in [0.25, 0.3) is 5.56 Å². The topological polar surface area (TPSA) is 69.5 Å². The summed E-state index contributed by atoms with van der Waals surface area (Å²) < 4.78 is 14.2. The van der Waals surface area contributed by atoms with Crippen LogP contribution in [0.2, 0.25) is 0 Å². The number of aromatic nitrogens is 2. The van der Waals surface area contributed by atoms with Crippen molar-refractivity contribution in [3.05, 3.63) is 87.1 Å². The zero-order valence-electron chi connectivity index (χ0n) is 16.0. The van der Waals surface area contributed by atoms with Crippen molar-refractivity contribution < 1.29 is 4.39 Å². The molecule has 1 aromatic heterocycles. The summed E-state index contributed by atoms with van der Waals surface area (Å²) in [6.45, 7) is 3.35. The summed E-state index contributed by atoms with van der Waals surface area (Å²) in [6, 6.07) is 17.4. The third kappa shape index (κ3) is 4.01. The second-order valence-electron chi connectivity index (χ2n) is 6.74. The lowest BCUT2D eigenvalue weighted by molar-refractivity contribution is 0.361. The summed E-state index contributed by atoms with van der Waals surface area (Å²) in [4.78, 5) is 19.8.